The first-order chi connectivity index (χ1) is 11.9. The fourth-order valence-electron chi connectivity index (χ4n) is 3.04. The van der Waals surface area contributed by atoms with Crippen LogP contribution in [0.5, 0.6) is 0 Å². The van der Waals surface area contributed by atoms with Crippen molar-refractivity contribution in [3.05, 3.63) is 52.8 Å². The molecule has 3 rings (SSSR count). The van der Waals surface area contributed by atoms with Gasteiger partial charge in [0.2, 0.25) is 0 Å². The molecule has 2 heterocycles. The molecule has 7 heteroatoms. The summed E-state index contributed by atoms with van der Waals surface area (Å²) >= 11 is 5.94. The number of hydrogen-bond donors (Lipinski definition) is 0. The standard InChI is InChI=1S/C18H19ClFN3O2/c1-2-23-12-13(11-21-23)16(24)17(25)22-8-6-18(20,7-9-22)14-4-3-5-15(19)10-14/h3-5,10-12H,2,6-9H2,1H3. The molecule has 0 atom stereocenters. The van der Waals surface area contributed by atoms with Crippen LogP contribution in [0, 0.1) is 0 Å². The van der Waals surface area contributed by atoms with Gasteiger partial charge in [-0.3, -0.25) is 14.3 Å². The van der Waals surface area contributed by atoms with Gasteiger partial charge in [-0.05, 0) is 24.6 Å². The summed E-state index contributed by atoms with van der Waals surface area (Å²) in [5.41, 5.74) is -0.751. The van der Waals surface area contributed by atoms with Gasteiger partial charge in [-0.25, -0.2) is 4.39 Å². The highest BCUT2D eigenvalue weighted by Crippen LogP contribution is 2.37. The summed E-state index contributed by atoms with van der Waals surface area (Å²) in [6, 6.07) is 6.73. The van der Waals surface area contributed by atoms with E-state index in [1.165, 1.54) is 11.1 Å². The minimum absolute atomic E-state index is 0.139. The number of aryl methyl sites for hydroxylation is 1. The van der Waals surface area contributed by atoms with E-state index in [1.807, 2.05) is 6.92 Å². The number of hydrogen-bond acceptors (Lipinski definition) is 3. The SMILES string of the molecule is CCn1cc(C(=O)C(=O)N2CCC(F)(c3cccc(Cl)c3)CC2)cn1. The normalized spacial score (nSPS) is 16.7. The second-order valence-electron chi connectivity index (χ2n) is 6.18. The monoisotopic (exact) mass is 363 g/mol. The van der Waals surface area contributed by atoms with Crippen LogP contribution in [0.25, 0.3) is 0 Å². The van der Waals surface area contributed by atoms with Gasteiger partial charge in [-0.2, -0.15) is 5.10 Å². The van der Waals surface area contributed by atoms with Gasteiger partial charge in [0.05, 0.1) is 11.8 Å². The molecule has 1 aliphatic rings. The smallest absolute Gasteiger partial charge is 0.295 e. The summed E-state index contributed by atoms with van der Waals surface area (Å²) in [7, 11) is 0. The molecule has 0 N–H and O–H groups in total. The molecule has 0 unspecified atom stereocenters. The quantitative estimate of drug-likeness (QED) is 0.619. The lowest BCUT2D eigenvalue weighted by Crippen LogP contribution is -2.45. The van der Waals surface area contributed by atoms with Crippen LogP contribution in [-0.2, 0) is 17.0 Å². The lowest BCUT2D eigenvalue weighted by Gasteiger charge is -2.36. The number of halogens is 2. The van der Waals surface area contributed by atoms with Crippen LogP contribution in [-0.4, -0.2) is 39.5 Å². The van der Waals surface area contributed by atoms with Crippen molar-refractivity contribution in [2.24, 2.45) is 0 Å². The van der Waals surface area contributed by atoms with E-state index in [2.05, 4.69) is 5.10 Å². The Morgan fingerprint density at radius 1 is 1.32 bits per heavy atom. The molecule has 132 valence electrons. The van der Waals surface area contributed by atoms with Crippen molar-refractivity contribution >= 4 is 23.3 Å². The number of carbonyl (C=O) groups excluding carboxylic acids is 2. The maximum atomic E-state index is 15.2. The lowest BCUT2D eigenvalue weighted by atomic mass is 9.86. The molecule has 25 heavy (non-hydrogen) atoms. The van der Waals surface area contributed by atoms with Crippen LogP contribution >= 0.6 is 11.6 Å². The Kier molecular flexibility index (Phi) is 4.90. The zero-order chi connectivity index (χ0) is 18.0. The first-order valence-corrected chi connectivity index (χ1v) is 8.62. The molecule has 1 saturated heterocycles. The number of ketones is 1. The molecule has 1 fully saturated rings. The van der Waals surface area contributed by atoms with Crippen molar-refractivity contribution in [3.8, 4) is 0 Å². The second-order valence-corrected chi connectivity index (χ2v) is 6.62. The average Bonchev–Trinajstić information content (AvgIpc) is 3.10. The Morgan fingerprint density at radius 2 is 2.04 bits per heavy atom. The Bertz CT molecular complexity index is 797. The van der Waals surface area contributed by atoms with Gasteiger partial charge >= 0.3 is 0 Å². The van der Waals surface area contributed by atoms with E-state index in [9.17, 15) is 9.59 Å². The van der Waals surface area contributed by atoms with E-state index in [0.29, 0.717) is 17.1 Å². The Balaban J connectivity index is 1.67. The fourth-order valence-corrected chi connectivity index (χ4v) is 3.23. The summed E-state index contributed by atoms with van der Waals surface area (Å²) in [6.07, 6.45) is 3.22. The first kappa shape index (κ1) is 17.6. The maximum Gasteiger partial charge on any atom is 0.295 e. The van der Waals surface area contributed by atoms with Crippen molar-refractivity contribution in [1.29, 1.82) is 0 Å². The number of amides is 1. The summed E-state index contributed by atoms with van der Waals surface area (Å²) in [4.78, 5) is 26.1. The molecule has 0 saturated carbocycles. The van der Waals surface area contributed by atoms with E-state index < -0.39 is 17.4 Å². The van der Waals surface area contributed by atoms with Crippen LogP contribution in [0.15, 0.2) is 36.7 Å². The van der Waals surface area contributed by atoms with Crippen molar-refractivity contribution in [3.63, 3.8) is 0 Å². The van der Waals surface area contributed by atoms with Crippen LogP contribution < -0.4 is 0 Å². The summed E-state index contributed by atoms with van der Waals surface area (Å²) in [5.74, 6) is -1.21. The van der Waals surface area contributed by atoms with Crippen molar-refractivity contribution < 1.29 is 14.0 Å². The van der Waals surface area contributed by atoms with Crippen molar-refractivity contribution in [2.75, 3.05) is 13.1 Å². The Morgan fingerprint density at radius 3 is 2.64 bits per heavy atom. The van der Waals surface area contributed by atoms with E-state index in [1.54, 1.807) is 35.1 Å². The molecular weight excluding hydrogens is 345 g/mol. The fraction of sp³-hybridized carbons (Fsp3) is 0.389. The van der Waals surface area contributed by atoms with Gasteiger partial charge in [0.15, 0.2) is 0 Å². The summed E-state index contributed by atoms with van der Waals surface area (Å²) in [6.45, 7) is 2.89. The number of carbonyl (C=O) groups is 2. The highest BCUT2D eigenvalue weighted by molar-refractivity contribution is 6.42. The minimum Gasteiger partial charge on any atom is -0.336 e. The van der Waals surface area contributed by atoms with E-state index >= 15 is 4.39 Å². The predicted octanol–water partition coefficient (Wildman–Crippen LogP) is 3.23. The van der Waals surface area contributed by atoms with Gasteiger partial charge in [-0.15, -0.1) is 0 Å². The van der Waals surface area contributed by atoms with Crippen LogP contribution in [0.2, 0.25) is 5.02 Å². The van der Waals surface area contributed by atoms with Gasteiger partial charge in [-0.1, -0.05) is 23.7 Å². The zero-order valence-corrected chi connectivity index (χ0v) is 14.7. The second kappa shape index (κ2) is 6.96. The molecule has 5 nitrogen and oxygen atoms in total. The van der Waals surface area contributed by atoms with E-state index in [-0.39, 0.29) is 31.5 Å². The van der Waals surface area contributed by atoms with Crippen LogP contribution in [0.1, 0.15) is 35.7 Å². The molecule has 0 bridgehead atoms. The number of rotatable bonds is 4. The number of likely N-dealkylation sites (tertiary alicyclic amines) is 1. The minimum atomic E-state index is -1.53. The zero-order valence-electron chi connectivity index (χ0n) is 13.9. The van der Waals surface area contributed by atoms with Gasteiger partial charge in [0, 0.05) is 43.7 Å². The summed E-state index contributed by atoms with van der Waals surface area (Å²) < 4.78 is 16.8. The third-order valence-corrected chi connectivity index (χ3v) is 4.83. The third kappa shape index (κ3) is 3.58. The van der Waals surface area contributed by atoms with Crippen LogP contribution in [0.3, 0.4) is 0 Å². The third-order valence-electron chi connectivity index (χ3n) is 4.60. The molecule has 0 aliphatic carbocycles. The number of aromatic nitrogens is 2. The Hall–Kier alpha value is -2.21. The predicted molar refractivity (Wildman–Crippen MR) is 92.3 cm³/mol. The summed E-state index contributed by atoms with van der Waals surface area (Å²) in [5, 5.41) is 4.49. The molecule has 0 spiro atoms. The number of benzene rings is 1. The van der Waals surface area contributed by atoms with Gasteiger partial charge < -0.3 is 4.90 Å². The topological polar surface area (TPSA) is 55.2 Å². The molecular formula is C18H19ClFN3O2. The number of alkyl halides is 1. The largest absolute Gasteiger partial charge is 0.336 e. The number of piperidine rings is 1. The molecule has 0 radical (unpaired) electrons. The molecule has 1 amide bonds. The maximum absolute atomic E-state index is 15.2. The lowest BCUT2D eigenvalue weighted by molar-refractivity contribution is -0.129. The molecule has 1 aliphatic heterocycles. The van der Waals surface area contributed by atoms with E-state index in [4.69, 9.17) is 11.6 Å². The molecule has 2 aromatic rings. The number of Topliss-reactive ketones (excluding diaryl/α,β-unsaturated/α-hetero) is 1. The molecule has 1 aromatic heterocycles. The average molecular weight is 364 g/mol. The molecule has 1 aromatic carbocycles. The van der Waals surface area contributed by atoms with Crippen molar-refractivity contribution in [2.45, 2.75) is 32.0 Å². The Labute approximate surface area is 150 Å². The highest BCUT2D eigenvalue weighted by Gasteiger charge is 2.39. The number of nitrogens with zero attached hydrogens (tertiary/aromatic N) is 3. The van der Waals surface area contributed by atoms with Gasteiger partial charge in [0.1, 0.15) is 5.67 Å². The van der Waals surface area contributed by atoms with E-state index in [0.717, 1.165) is 0 Å². The first-order valence-electron chi connectivity index (χ1n) is 8.24. The van der Waals surface area contributed by atoms with Crippen LogP contribution in [0.4, 0.5) is 4.39 Å². The van der Waals surface area contributed by atoms with Crippen molar-refractivity contribution in [1.82, 2.24) is 14.7 Å². The highest BCUT2D eigenvalue weighted by atomic mass is 35.5. The van der Waals surface area contributed by atoms with Gasteiger partial charge in [0.25, 0.3) is 11.7 Å².